The van der Waals surface area contributed by atoms with Crippen molar-refractivity contribution in [1.29, 1.82) is 0 Å². The first-order valence-corrected chi connectivity index (χ1v) is 5.92. The number of morpholine rings is 1. The lowest BCUT2D eigenvalue weighted by Crippen LogP contribution is -2.38. The van der Waals surface area contributed by atoms with Crippen molar-refractivity contribution in [3.05, 3.63) is 0 Å². The third kappa shape index (κ3) is 3.67. The third-order valence-electron chi connectivity index (χ3n) is 2.90. The summed E-state index contributed by atoms with van der Waals surface area (Å²) in [6.45, 7) is 4.12. The van der Waals surface area contributed by atoms with E-state index in [0.717, 1.165) is 13.1 Å². The molecule has 2 fully saturated rings. The van der Waals surface area contributed by atoms with Crippen molar-refractivity contribution in [2.75, 3.05) is 39.5 Å². The van der Waals surface area contributed by atoms with E-state index in [1.807, 2.05) is 0 Å². The molecule has 0 bridgehead atoms. The number of cyclic esters (lactones) is 1. The summed E-state index contributed by atoms with van der Waals surface area (Å²) in [6.07, 6.45) is 0.0959. The molecule has 17 heavy (non-hydrogen) atoms. The lowest BCUT2D eigenvalue weighted by Gasteiger charge is -2.26. The molecule has 0 spiro atoms. The zero-order valence-electron chi connectivity index (χ0n) is 9.72. The number of carbonyl (C=O) groups excluding carboxylic acids is 2. The summed E-state index contributed by atoms with van der Waals surface area (Å²) in [4.78, 5) is 24.7. The number of ether oxygens (including phenoxy) is 3. The molecule has 0 radical (unpaired) electrons. The van der Waals surface area contributed by atoms with Crippen LogP contribution in [0, 0.1) is 0 Å². The Hall–Kier alpha value is -1.14. The Morgan fingerprint density at radius 1 is 1.35 bits per heavy atom. The van der Waals surface area contributed by atoms with Gasteiger partial charge in [0.2, 0.25) is 6.10 Å². The molecule has 2 aliphatic rings. The molecule has 0 saturated carbocycles. The lowest BCUT2D eigenvalue weighted by molar-refractivity contribution is -0.160. The molecule has 1 atom stereocenters. The monoisotopic (exact) mass is 243 g/mol. The van der Waals surface area contributed by atoms with Crippen molar-refractivity contribution in [3.8, 4) is 0 Å². The highest BCUT2D eigenvalue weighted by molar-refractivity contribution is 5.80. The second-order valence-corrected chi connectivity index (χ2v) is 4.14. The largest absolute Gasteiger partial charge is 0.463 e. The van der Waals surface area contributed by atoms with Crippen LogP contribution in [0.5, 0.6) is 0 Å². The van der Waals surface area contributed by atoms with Crippen molar-refractivity contribution in [3.63, 3.8) is 0 Å². The maximum atomic E-state index is 11.5. The van der Waals surface area contributed by atoms with Gasteiger partial charge >= 0.3 is 11.9 Å². The Labute approximate surface area is 99.8 Å². The Bertz CT molecular complexity index is 288. The fraction of sp³-hybridized carbons (Fsp3) is 0.818. The summed E-state index contributed by atoms with van der Waals surface area (Å²) in [7, 11) is 0. The van der Waals surface area contributed by atoms with Crippen LogP contribution in [0.1, 0.15) is 12.8 Å². The SMILES string of the molecule is O=C(CCN1CCOCC1)OC1CCOC1=O. The van der Waals surface area contributed by atoms with Crippen molar-refractivity contribution in [1.82, 2.24) is 4.90 Å². The van der Waals surface area contributed by atoms with Crippen molar-refractivity contribution >= 4 is 11.9 Å². The van der Waals surface area contributed by atoms with Gasteiger partial charge in [0.25, 0.3) is 0 Å². The molecule has 2 aliphatic heterocycles. The van der Waals surface area contributed by atoms with E-state index >= 15 is 0 Å². The molecule has 6 heteroatoms. The summed E-state index contributed by atoms with van der Waals surface area (Å²) in [6, 6.07) is 0. The first-order chi connectivity index (χ1) is 8.25. The van der Waals surface area contributed by atoms with Crippen LogP contribution in [0.25, 0.3) is 0 Å². The van der Waals surface area contributed by atoms with E-state index in [1.54, 1.807) is 0 Å². The zero-order valence-corrected chi connectivity index (χ0v) is 9.72. The van der Waals surface area contributed by atoms with Crippen molar-refractivity contribution in [2.45, 2.75) is 18.9 Å². The van der Waals surface area contributed by atoms with E-state index < -0.39 is 12.1 Å². The van der Waals surface area contributed by atoms with Gasteiger partial charge in [-0.05, 0) is 0 Å². The Morgan fingerprint density at radius 3 is 2.76 bits per heavy atom. The molecule has 96 valence electrons. The second-order valence-electron chi connectivity index (χ2n) is 4.14. The number of carbonyl (C=O) groups is 2. The maximum absolute atomic E-state index is 11.5. The predicted octanol–water partition coefficient (Wildman–Crippen LogP) is -0.433. The molecule has 0 aromatic carbocycles. The van der Waals surface area contributed by atoms with Gasteiger partial charge in [-0.3, -0.25) is 9.69 Å². The summed E-state index contributed by atoms with van der Waals surface area (Å²) in [5, 5.41) is 0. The summed E-state index contributed by atoms with van der Waals surface area (Å²) in [5.74, 6) is -0.759. The second kappa shape index (κ2) is 5.97. The van der Waals surface area contributed by atoms with Crippen LogP contribution >= 0.6 is 0 Å². The molecule has 6 nitrogen and oxygen atoms in total. The van der Waals surface area contributed by atoms with Gasteiger partial charge in [0.1, 0.15) is 0 Å². The lowest BCUT2D eigenvalue weighted by atomic mass is 10.3. The molecule has 2 heterocycles. The first kappa shape index (κ1) is 12.3. The molecule has 0 aromatic heterocycles. The molecule has 1 unspecified atom stereocenters. The minimum atomic E-state index is -0.688. The van der Waals surface area contributed by atoms with Crippen LogP contribution in [0.3, 0.4) is 0 Å². The van der Waals surface area contributed by atoms with Crippen LogP contribution in [0.4, 0.5) is 0 Å². The average Bonchev–Trinajstić information content (AvgIpc) is 2.74. The normalized spacial score (nSPS) is 25.6. The van der Waals surface area contributed by atoms with Gasteiger partial charge < -0.3 is 14.2 Å². The van der Waals surface area contributed by atoms with E-state index in [4.69, 9.17) is 14.2 Å². The number of hydrogen-bond acceptors (Lipinski definition) is 6. The Kier molecular flexibility index (Phi) is 4.33. The smallest absolute Gasteiger partial charge is 0.347 e. The minimum absolute atomic E-state index is 0.309. The molecular weight excluding hydrogens is 226 g/mol. The van der Waals surface area contributed by atoms with Gasteiger partial charge in [-0.1, -0.05) is 0 Å². The highest BCUT2D eigenvalue weighted by Crippen LogP contribution is 2.11. The first-order valence-electron chi connectivity index (χ1n) is 5.92. The molecule has 0 aromatic rings. The average molecular weight is 243 g/mol. The van der Waals surface area contributed by atoms with Gasteiger partial charge in [0, 0.05) is 26.1 Å². The number of hydrogen-bond donors (Lipinski definition) is 0. The van der Waals surface area contributed by atoms with E-state index in [-0.39, 0.29) is 5.97 Å². The predicted molar refractivity (Wildman–Crippen MR) is 57.3 cm³/mol. The molecule has 2 saturated heterocycles. The van der Waals surface area contributed by atoms with E-state index in [1.165, 1.54) is 0 Å². The highest BCUT2D eigenvalue weighted by Gasteiger charge is 2.30. The number of nitrogens with zero attached hydrogens (tertiary/aromatic N) is 1. The molecule has 0 amide bonds. The zero-order chi connectivity index (χ0) is 12.1. The molecule has 0 aliphatic carbocycles. The van der Waals surface area contributed by atoms with Crippen molar-refractivity contribution < 1.29 is 23.8 Å². The summed E-state index contributed by atoms with van der Waals surface area (Å²) in [5.41, 5.74) is 0. The van der Waals surface area contributed by atoms with E-state index in [2.05, 4.69) is 4.90 Å². The Balaban J connectivity index is 1.64. The molecule has 2 rings (SSSR count). The van der Waals surface area contributed by atoms with Gasteiger partial charge in [-0.2, -0.15) is 0 Å². The highest BCUT2D eigenvalue weighted by atomic mass is 16.6. The fourth-order valence-corrected chi connectivity index (χ4v) is 1.88. The van der Waals surface area contributed by atoms with Gasteiger partial charge in [-0.15, -0.1) is 0 Å². The van der Waals surface area contributed by atoms with Crippen molar-refractivity contribution in [2.24, 2.45) is 0 Å². The van der Waals surface area contributed by atoms with E-state index in [9.17, 15) is 9.59 Å². The maximum Gasteiger partial charge on any atom is 0.347 e. The topological polar surface area (TPSA) is 65.1 Å². The van der Waals surface area contributed by atoms with Gasteiger partial charge in [-0.25, -0.2) is 4.79 Å². The fourth-order valence-electron chi connectivity index (χ4n) is 1.88. The van der Waals surface area contributed by atoms with Crippen LogP contribution in [0.2, 0.25) is 0 Å². The van der Waals surface area contributed by atoms with Crippen LogP contribution in [0.15, 0.2) is 0 Å². The summed E-state index contributed by atoms with van der Waals surface area (Å²) < 4.78 is 15.0. The van der Waals surface area contributed by atoms with Crippen LogP contribution in [-0.4, -0.2) is 62.4 Å². The van der Waals surface area contributed by atoms with E-state index in [0.29, 0.717) is 39.2 Å². The quantitative estimate of drug-likeness (QED) is 0.624. The summed E-state index contributed by atoms with van der Waals surface area (Å²) >= 11 is 0. The third-order valence-corrected chi connectivity index (χ3v) is 2.90. The van der Waals surface area contributed by atoms with Crippen LogP contribution < -0.4 is 0 Å². The number of esters is 2. The minimum Gasteiger partial charge on any atom is -0.463 e. The number of rotatable bonds is 4. The van der Waals surface area contributed by atoms with Gasteiger partial charge in [0.05, 0.1) is 26.2 Å². The molecular formula is C11H17NO5. The van der Waals surface area contributed by atoms with Gasteiger partial charge in [0.15, 0.2) is 0 Å². The van der Waals surface area contributed by atoms with Crippen LogP contribution in [-0.2, 0) is 23.8 Å². The Morgan fingerprint density at radius 2 is 2.12 bits per heavy atom. The standard InChI is InChI=1S/C11H17NO5/c13-10(17-9-2-6-16-11(9)14)1-3-12-4-7-15-8-5-12/h9H,1-8H2. The molecule has 0 N–H and O–H groups in total.